The first-order chi connectivity index (χ1) is 13.6. The number of aromatic hydroxyl groups is 2. The maximum Gasteiger partial charge on any atom is 0.115 e. The van der Waals surface area contributed by atoms with E-state index in [0.717, 1.165) is 44.8 Å². The lowest BCUT2D eigenvalue weighted by molar-refractivity contribution is 0.474. The molecule has 136 valence electrons. The maximum absolute atomic E-state index is 9.89. The molecular formula is C24H16ClNO2. The van der Waals surface area contributed by atoms with Gasteiger partial charge >= 0.3 is 0 Å². The van der Waals surface area contributed by atoms with Gasteiger partial charge in [-0.05, 0) is 70.8 Å². The Balaban J connectivity index is 1.76. The Morgan fingerprint density at radius 2 is 1.39 bits per heavy atom. The molecular weight excluding hydrogens is 370 g/mol. The van der Waals surface area contributed by atoms with Crippen LogP contribution < -0.4 is 0 Å². The Morgan fingerprint density at radius 3 is 2.14 bits per heavy atom. The predicted octanol–water partition coefficient (Wildman–Crippen LogP) is 6.05. The summed E-state index contributed by atoms with van der Waals surface area (Å²) in [6.07, 6.45) is 0.711. The molecule has 28 heavy (non-hydrogen) atoms. The van der Waals surface area contributed by atoms with Crippen molar-refractivity contribution in [3.05, 3.63) is 88.9 Å². The molecule has 0 unspecified atom stereocenters. The number of nitrogens with zero attached hydrogens (tertiary/aromatic N) is 1. The van der Waals surface area contributed by atoms with Gasteiger partial charge < -0.3 is 10.2 Å². The minimum Gasteiger partial charge on any atom is -0.508 e. The Hall–Kier alpha value is -3.30. The molecule has 4 aromatic rings. The lowest BCUT2D eigenvalue weighted by Crippen LogP contribution is -1.94. The maximum atomic E-state index is 9.89. The van der Waals surface area contributed by atoms with Crippen molar-refractivity contribution in [3.63, 3.8) is 0 Å². The number of aromatic nitrogens is 1. The van der Waals surface area contributed by atoms with E-state index in [9.17, 15) is 10.2 Å². The van der Waals surface area contributed by atoms with Gasteiger partial charge in [-0.2, -0.15) is 0 Å². The Morgan fingerprint density at radius 1 is 0.714 bits per heavy atom. The smallest absolute Gasteiger partial charge is 0.115 e. The SMILES string of the molecule is Oc1ccc(-c2cc(-c3ccc(Cl)cc3)nc3c2Cc2cc(O)ccc2-3)cc1. The van der Waals surface area contributed by atoms with Crippen molar-refractivity contribution in [1.29, 1.82) is 0 Å². The van der Waals surface area contributed by atoms with E-state index in [4.69, 9.17) is 16.6 Å². The molecule has 0 bridgehead atoms. The molecule has 0 spiro atoms. The number of benzene rings is 3. The lowest BCUT2D eigenvalue weighted by Gasteiger charge is -2.12. The number of hydrogen-bond acceptors (Lipinski definition) is 3. The zero-order chi connectivity index (χ0) is 19.3. The number of hydrogen-bond donors (Lipinski definition) is 2. The highest BCUT2D eigenvalue weighted by Crippen LogP contribution is 2.43. The van der Waals surface area contributed by atoms with Crippen molar-refractivity contribution < 1.29 is 10.2 Å². The first-order valence-electron chi connectivity index (χ1n) is 9.00. The number of phenolic OH excluding ortho intramolecular Hbond substituents is 2. The van der Waals surface area contributed by atoms with Crippen molar-refractivity contribution in [2.75, 3.05) is 0 Å². The van der Waals surface area contributed by atoms with E-state index in [0.29, 0.717) is 11.4 Å². The minimum atomic E-state index is 0.237. The Kier molecular flexibility index (Phi) is 3.85. The van der Waals surface area contributed by atoms with Crippen LogP contribution in [-0.4, -0.2) is 15.2 Å². The summed E-state index contributed by atoms with van der Waals surface area (Å²) in [4.78, 5) is 4.95. The largest absolute Gasteiger partial charge is 0.508 e. The number of pyridine rings is 1. The van der Waals surface area contributed by atoms with Crippen molar-refractivity contribution in [2.24, 2.45) is 0 Å². The van der Waals surface area contributed by atoms with Crippen molar-refractivity contribution in [1.82, 2.24) is 4.98 Å². The molecule has 0 radical (unpaired) electrons. The van der Waals surface area contributed by atoms with Crippen LogP contribution in [-0.2, 0) is 6.42 Å². The first-order valence-corrected chi connectivity index (χ1v) is 9.38. The Labute approximate surface area is 167 Å². The van der Waals surface area contributed by atoms with E-state index >= 15 is 0 Å². The highest BCUT2D eigenvalue weighted by molar-refractivity contribution is 6.30. The molecule has 0 saturated heterocycles. The van der Waals surface area contributed by atoms with Gasteiger partial charge in [0.05, 0.1) is 11.4 Å². The van der Waals surface area contributed by atoms with Gasteiger partial charge in [-0.15, -0.1) is 0 Å². The van der Waals surface area contributed by atoms with Crippen molar-refractivity contribution >= 4 is 11.6 Å². The topological polar surface area (TPSA) is 53.4 Å². The summed E-state index contributed by atoms with van der Waals surface area (Å²) in [5.41, 5.74) is 8.11. The molecule has 3 nitrogen and oxygen atoms in total. The molecule has 0 atom stereocenters. The minimum absolute atomic E-state index is 0.237. The molecule has 1 aliphatic carbocycles. The molecule has 3 aromatic carbocycles. The molecule has 2 N–H and O–H groups in total. The van der Waals surface area contributed by atoms with Gasteiger partial charge in [-0.25, -0.2) is 4.98 Å². The summed E-state index contributed by atoms with van der Waals surface area (Å²) >= 11 is 6.05. The molecule has 0 fully saturated rings. The van der Waals surface area contributed by atoms with Crippen LogP contribution in [0.5, 0.6) is 11.5 Å². The van der Waals surface area contributed by atoms with Gasteiger partial charge in [0.25, 0.3) is 0 Å². The van der Waals surface area contributed by atoms with Crippen LogP contribution in [0.4, 0.5) is 0 Å². The van der Waals surface area contributed by atoms with E-state index < -0.39 is 0 Å². The van der Waals surface area contributed by atoms with E-state index in [-0.39, 0.29) is 11.5 Å². The average molecular weight is 386 g/mol. The summed E-state index contributed by atoms with van der Waals surface area (Å²) < 4.78 is 0. The lowest BCUT2D eigenvalue weighted by atomic mass is 9.96. The van der Waals surface area contributed by atoms with E-state index in [2.05, 4.69) is 6.07 Å². The third kappa shape index (κ3) is 2.81. The van der Waals surface area contributed by atoms with Crippen LogP contribution in [0.2, 0.25) is 5.02 Å². The van der Waals surface area contributed by atoms with Crippen LogP contribution in [0.15, 0.2) is 72.8 Å². The van der Waals surface area contributed by atoms with Crippen LogP contribution in [0, 0.1) is 0 Å². The van der Waals surface area contributed by atoms with Crippen LogP contribution in [0.3, 0.4) is 0 Å². The van der Waals surface area contributed by atoms with Crippen LogP contribution >= 0.6 is 11.6 Å². The number of phenols is 2. The van der Waals surface area contributed by atoms with Gasteiger partial charge in [-0.3, -0.25) is 0 Å². The standard InChI is InChI=1S/C24H16ClNO2/c25-17-5-1-15(2-6-17)23-13-21(14-3-7-18(27)8-4-14)22-12-16-11-19(28)9-10-20(16)24(22)26-23/h1-11,13,27-28H,12H2. The normalized spacial score (nSPS) is 11.9. The molecule has 1 heterocycles. The second-order valence-electron chi connectivity index (χ2n) is 6.95. The number of fused-ring (bicyclic) bond motifs is 3. The third-order valence-corrected chi connectivity index (χ3v) is 5.41. The molecule has 0 saturated carbocycles. The summed E-state index contributed by atoms with van der Waals surface area (Å²) in [6, 6.07) is 22.4. The zero-order valence-corrected chi connectivity index (χ0v) is 15.6. The van der Waals surface area contributed by atoms with Gasteiger partial charge in [-0.1, -0.05) is 35.9 Å². The zero-order valence-electron chi connectivity index (χ0n) is 14.9. The van der Waals surface area contributed by atoms with Crippen LogP contribution in [0.25, 0.3) is 33.6 Å². The van der Waals surface area contributed by atoms with E-state index in [1.165, 1.54) is 0 Å². The third-order valence-electron chi connectivity index (χ3n) is 5.15. The van der Waals surface area contributed by atoms with Crippen molar-refractivity contribution in [2.45, 2.75) is 6.42 Å². The molecule has 5 rings (SSSR count). The fraction of sp³-hybridized carbons (Fsp3) is 0.0417. The summed E-state index contributed by atoms with van der Waals surface area (Å²) in [7, 11) is 0. The predicted molar refractivity (Wildman–Crippen MR) is 112 cm³/mol. The highest BCUT2D eigenvalue weighted by atomic mass is 35.5. The molecule has 0 amide bonds. The van der Waals surface area contributed by atoms with Gasteiger partial charge in [0.1, 0.15) is 11.5 Å². The molecule has 4 heteroatoms. The number of halogens is 1. The van der Waals surface area contributed by atoms with Gasteiger partial charge in [0.2, 0.25) is 0 Å². The fourth-order valence-electron chi connectivity index (χ4n) is 3.79. The Bertz CT molecular complexity index is 1200. The van der Waals surface area contributed by atoms with E-state index in [1.54, 1.807) is 24.3 Å². The quantitative estimate of drug-likeness (QED) is 0.389. The summed E-state index contributed by atoms with van der Waals surface area (Å²) in [6.45, 7) is 0. The monoisotopic (exact) mass is 385 g/mol. The average Bonchev–Trinajstić information content (AvgIpc) is 3.06. The van der Waals surface area contributed by atoms with Crippen molar-refractivity contribution in [3.8, 4) is 45.1 Å². The highest BCUT2D eigenvalue weighted by Gasteiger charge is 2.25. The molecule has 1 aromatic heterocycles. The van der Waals surface area contributed by atoms with E-state index in [1.807, 2.05) is 42.5 Å². The van der Waals surface area contributed by atoms with Gasteiger partial charge in [0, 0.05) is 22.6 Å². The fourth-order valence-corrected chi connectivity index (χ4v) is 3.91. The first kappa shape index (κ1) is 16.8. The summed E-state index contributed by atoms with van der Waals surface area (Å²) in [5.74, 6) is 0.497. The number of rotatable bonds is 2. The molecule has 0 aliphatic heterocycles. The second kappa shape index (κ2) is 6.39. The van der Waals surface area contributed by atoms with Crippen LogP contribution in [0.1, 0.15) is 11.1 Å². The second-order valence-corrected chi connectivity index (χ2v) is 7.39. The van der Waals surface area contributed by atoms with Gasteiger partial charge in [0.15, 0.2) is 0 Å². The molecule has 1 aliphatic rings. The summed E-state index contributed by atoms with van der Waals surface area (Å²) in [5, 5.41) is 20.3.